The van der Waals surface area contributed by atoms with Crippen LogP contribution in [0.1, 0.15) is 19.7 Å². The summed E-state index contributed by atoms with van der Waals surface area (Å²) in [6.07, 6.45) is 0. The lowest BCUT2D eigenvalue weighted by Crippen LogP contribution is -2.35. The normalized spacial score (nSPS) is 11.6. The van der Waals surface area contributed by atoms with E-state index in [0.717, 1.165) is 0 Å². The minimum atomic E-state index is -1.03. The molecule has 0 unspecified atom stereocenters. The van der Waals surface area contributed by atoms with E-state index in [-0.39, 0.29) is 5.89 Å². The van der Waals surface area contributed by atoms with Gasteiger partial charge in [-0.3, -0.25) is 4.79 Å². The molecule has 1 aromatic carbocycles. The average Bonchev–Trinajstić information content (AvgIpc) is 2.82. The van der Waals surface area contributed by atoms with E-state index in [9.17, 15) is 4.79 Å². The van der Waals surface area contributed by atoms with Gasteiger partial charge in [0.05, 0.1) is 10.0 Å². The van der Waals surface area contributed by atoms with Gasteiger partial charge in [-0.1, -0.05) is 28.4 Å². The lowest BCUT2D eigenvalue weighted by Gasteiger charge is -2.13. The minimum absolute atomic E-state index is 0.154. The van der Waals surface area contributed by atoms with Gasteiger partial charge in [0.25, 0.3) is 0 Å². The zero-order chi connectivity index (χ0) is 14.2. The number of carbonyl (C=O) groups is 1. The van der Waals surface area contributed by atoms with Crippen LogP contribution in [0.4, 0.5) is 0 Å². The highest BCUT2D eigenvalue weighted by Gasteiger charge is 2.34. The Morgan fingerprint density at radius 1 is 1.32 bits per heavy atom. The molecule has 1 heterocycles. The third-order valence-corrected chi connectivity index (χ3v) is 3.49. The molecule has 0 aliphatic rings. The van der Waals surface area contributed by atoms with E-state index in [1.165, 1.54) is 0 Å². The monoisotopic (exact) mass is 299 g/mol. The number of hydrogen-bond donors (Lipinski definition) is 1. The Labute approximate surface area is 119 Å². The van der Waals surface area contributed by atoms with E-state index >= 15 is 0 Å². The summed E-state index contributed by atoms with van der Waals surface area (Å²) in [5.74, 6) is -0.0687. The summed E-state index contributed by atoms with van der Waals surface area (Å²) in [6, 6.07) is 4.96. The van der Waals surface area contributed by atoms with Crippen LogP contribution in [0.5, 0.6) is 0 Å². The molecule has 0 fully saturated rings. The number of hydrogen-bond acceptors (Lipinski definition) is 4. The van der Waals surface area contributed by atoms with Crippen molar-refractivity contribution in [1.29, 1.82) is 0 Å². The van der Waals surface area contributed by atoms with Gasteiger partial charge in [0.1, 0.15) is 5.41 Å². The number of nitrogens with zero attached hydrogens (tertiary/aromatic N) is 2. The third-order valence-electron chi connectivity index (χ3n) is 2.75. The first-order valence-electron chi connectivity index (χ1n) is 5.42. The number of carbonyl (C=O) groups excluding carboxylic acids is 1. The number of primary amides is 1. The molecular formula is C12H11Cl2N3O2. The molecule has 0 saturated heterocycles. The predicted octanol–water partition coefficient (Wildman–Crippen LogP) is 2.81. The maximum atomic E-state index is 11.3. The van der Waals surface area contributed by atoms with Crippen molar-refractivity contribution >= 4 is 29.1 Å². The summed E-state index contributed by atoms with van der Waals surface area (Å²) in [5, 5.41) is 4.64. The summed E-state index contributed by atoms with van der Waals surface area (Å²) in [6.45, 7) is 3.23. The van der Waals surface area contributed by atoms with Crippen LogP contribution in [0.15, 0.2) is 22.7 Å². The van der Waals surface area contributed by atoms with Crippen molar-refractivity contribution in [3.05, 3.63) is 34.1 Å². The molecule has 100 valence electrons. The fourth-order valence-corrected chi connectivity index (χ4v) is 1.63. The first-order chi connectivity index (χ1) is 8.82. The molecule has 0 aliphatic heterocycles. The molecule has 1 amide bonds. The fraction of sp³-hybridized carbons (Fsp3) is 0.250. The Balaban J connectivity index is 2.41. The SMILES string of the molecule is CC(C)(C(N)=O)c1nc(-c2ccc(Cl)c(Cl)c2)no1. The molecule has 1 aromatic heterocycles. The van der Waals surface area contributed by atoms with Gasteiger partial charge < -0.3 is 10.3 Å². The van der Waals surface area contributed by atoms with Crippen molar-refractivity contribution in [1.82, 2.24) is 10.1 Å². The largest absolute Gasteiger partial charge is 0.369 e. The molecule has 19 heavy (non-hydrogen) atoms. The highest BCUT2D eigenvalue weighted by Crippen LogP contribution is 2.29. The smallest absolute Gasteiger partial charge is 0.242 e. The topological polar surface area (TPSA) is 82.0 Å². The van der Waals surface area contributed by atoms with Gasteiger partial charge in [0, 0.05) is 5.56 Å². The van der Waals surface area contributed by atoms with Crippen LogP contribution in [-0.2, 0) is 10.2 Å². The van der Waals surface area contributed by atoms with E-state index in [1.807, 2.05) is 0 Å². The molecule has 5 nitrogen and oxygen atoms in total. The summed E-state index contributed by atoms with van der Waals surface area (Å²) >= 11 is 11.7. The quantitative estimate of drug-likeness (QED) is 0.945. The van der Waals surface area contributed by atoms with Crippen molar-refractivity contribution in [2.75, 3.05) is 0 Å². The van der Waals surface area contributed by atoms with Crippen LogP contribution in [0.2, 0.25) is 10.0 Å². The molecule has 2 aromatic rings. The first kappa shape index (κ1) is 13.8. The van der Waals surface area contributed by atoms with Gasteiger partial charge in [0.2, 0.25) is 17.6 Å². The lowest BCUT2D eigenvalue weighted by molar-refractivity contribution is -0.123. The number of amides is 1. The molecule has 0 atom stereocenters. The Bertz CT molecular complexity index is 638. The van der Waals surface area contributed by atoms with Gasteiger partial charge in [-0.05, 0) is 32.0 Å². The average molecular weight is 300 g/mol. The Morgan fingerprint density at radius 3 is 2.58 bits per heavy atom. The van der Waals surface area contributed by atoms with Crippen LogP contribution in [0.3, 0.4) is 0 Å². The van der Waals surface area contributed by atoms with E-state index < -0.39 is 11.3 Å². The summed E-state index contributed by atoms with van der Waals surface area (Å²) in [7, 11) is 0. The molecule has 0 radical (unpaired) electrons. The zero-order valence-electron chi connectivity index (χ0n) is 10.3. The van der Waals surface area contributed by atoms with E-state index in [4.69, 9.17) is 33.5 Å². The molecule has 0 saturated carbocycles. The third kappa shape index (κ3) is 2.57. The molecule has 0 aliphatic carbocycles. The first-order valence-corrected chi connectivity index (χ1v) is 6.17. The van der Waals surface area contributed by atoms with E-state index in [0.29, 0.717) is 21.4 Å². The second-order valence-electron chi connectivity index (χ2n) is 4.54. The second-order valence-corrected chi connectivity index (χ2v) is 5.36. The number of aromatic nitrogens is 2. The molecule has 2 N–H and O–H groups in total. The van der Waals surface area contributed by atoms with Crippen molar-refractivity contribution < 1.29 is 9.32 Å². The highest BCUT2D eigenvalue weighted by atomic mass is 35.5. The number of benzene rings is 1. The summed E-state index contributed by atoms with van der Waals surface area (Å²) < 4.78 is 5.08. The molecular weight excluding hydrogens is 289 g/mol. The van der Waals surface area contributed by atoms with Crippen LogP contribution in [-0.4, -0.2) is 16.0 Å². The Morgan fingerprint density at radius 2 is 2.00 bits per heavy atom. The van der Waals surface area contributed by atoms with Gasteiger partial charge in [-0.2, -0.15) is 4.98 Å². The predicted molar refractivity (Wildman–Crippen MR) is 72.0 cm³/mol. The van der Waals surface area contributed by atoms with Crippen molar-refractivity contribution in [3.63, 3.8) is 0 Å². The standard InChI is InChI=1S/C12H11Cl2N3O2/c1-12(2,10(15)18)11-16-9(17-19-11)6-3-4-7(13)8(14)5-6/h3-5H,1-2H3,(H2,15,18). The van der Waals surface area contributed by atoms with Crippen LogP contribution < -0.4 is 5.73 Å². The molecule has 0 bridgehead atoms. The lowest BCUT2D eigenvalue weighted by atomic mass is 9.93. The van der Waals surface area contributed by atoms with Crippen molar-refractivity contribution in [2.45, 2.75) is 19.3 Å². The Hall–Kier alpha value is -1.59. The van der Waals surface area contributed by atoms with E-state index in [1.54, 1.807) is 32.0 Å². The van der Waals surface area contributed by atoms with Gasteiger partial charge in [0.15, 0.2) is 0 Å². The molecule has 0 spiro atoms. The molecule has 2 rings (SSSR count). The van der Waals surface area contributed by atoms with Crippen LogP contribution in [0.25, 0.3) is 11.4 Å². The maximum absolute atomic E-state index is 11.3. The number of halogens is 2. The van der Waals surface area contributed by atoms with Gasteiger partial charge in [-0.25, -0.2) is 0 Å². The van der Waals surface area contributed by atoms with Gasteiger partial charge >= 0.3 is 0 Å². The zero-order valence-corrected chi connectivity index (χ0v) is 11.8. The fourth-order valence-electron chi connectivity index (χ4n) is 1.34. The number of nitrogens with two attached hydrogens (primary N) is 1. The van der Waals surface area contributed by atoms with E-state index in [2.05, 4.69) is 10.1 Å². The van der Waals surface area contributed by atoms with Crippen molar-refractivity contribution in [3.8, 4) is 11.4 Å². The minimum Gasteiger partial charge on any atom is -0.369 e. The van der Waals surface area contributed by atoms with Crippen molar-refractivity contribution in [2.24, 2.45) is 5.73 Å². The second kappa shape index (κ2) is 4.83. The summed E-state index contributed by atoms with van der Waals surface area (Å²) in [4.78, 5) is 15.5. The molecule has 7 heteroatoms. The Kier molecular flexibility index (Phi) is 3.52. The van der Waals surface area contributed by atoms with Gasteiger partial charge in [-0.15, -0.1) is 0 Å². The van der Waals surface area contributed by atoms with Crippen LogP contribution >= 0.6 is 23.2 Å². The maximum Gasteiger partial charge on any atom is 0.242 e. The number of rotatable bonds is 3. The summed E-state index contributed by atoms with van der Waals surface area (Å²) in [5.41, 5.74) is 4.91. The highest BCUT2D eigenvalue weighted by molar-refractivity contribution is 6.42. The van der Waals surface area contributed by atoms with Crippen LogP contribution in [0, 0.1) is 0 Å².